The Morgan fingerprint density at radius 1 is 1.33 bits per heavy atom. The zero-order chi connectivity index (χ0) is 13.3. The van der Waals surface area contributed by atoms with Crippen LogP contribution in [-0.4, -0.2) is 10.1 Å². The highest BCUT2D eigenvalue weighted by molar-refractivity contribution is 5.70. The van der Waals surface area contributed by atoms with E-state index in [2.05, 4.69) is 10.1 Å². The first-order valence-electron chi connectivity index (χ1n) is 5.61. The molecule has 0 radical (unpaired) electrons. The van der Waals surface area contributed by atoms with Crippen molar-refractivity contribution in [2.45, 2.75) is 26.2 Å². The molecule has 1 unspecified atom stereocenters. The maximum atomic E-state index is 13.2. The zero-order valence-electron chi connectivity index (χ0n) is 10.1. The van der Waals surface area contributed by atoms with E-state index in [-0.39, 0.29) is 23.1 Å². The monoisotopic (exact) mass is 253 g/mol. The van der Waals surface area contributed by atoms with E-state index in [4.69, 9.17) is 10.3 Å². The van der Waals surface area contributed by atoms with E-state index in [1.54, 1.807) is 0 Å². The normalized spacial score (nSPS) is 12.7. The van der Waals surface area contributed by atoms with Crippen molar-refractivity contribution in [2.75, 3.05) is 5.73 Å². The first-order valence-corrected chi connectivity index (χ1v) is 5.61. The summed E-state index contributed by atoms with van der Waals surface area (Å²) in [5.74, 6) is -1.24. The molecule has 1 atom stereocenters. The lowest BCUT2D eigenvalue weighted by Crippen LogP contribution is -1.96. The maximum Gasteiger partial charge on any atom is 0.260 e. The molecule has 2 rings (SSSR count). The average molecular weight is 253 g/mol. The predicted octanol–water partition coefficient (Wildman–Crippen LogP) is 3.11. The van der Waals surface area contributed by atoms with Gasteiger partial charge in [-0.05, 0) is 12.5 Å². The van der Waals surface area contributed by atoms with Gasteiger partial charge < -0.3 is 10.3 Å². The third kappa shape index (κ3) is 2.18. The van der Waals surface area contributed by atoms with Crippen LogP contribution in [0.5, 0.6) is 0 Å². The van der Waals surface area contributed by atoms with E-state index < -0.39 is 11.6 Å². The fourth-order valence-corrected chi connectivity index (χ4v) is 1.47. The summed E-state index contributed by atoms with van der Waals surface area (Å²) in [4.78, 5) is 4.14. The minimum absolute atomic E-state index is 0.0632. The molecule has 0 amide bonds. The first kappa shape index (κ1) is 12.5. The molecule has 0 aliphatic rings. The molecular weight excluding hydrogens is 240 g/mol. The SMILES string of the molecule is CCC(C)c1noc(-c2cc(F)c(F)cc2N)n1. The van der Waals surface area contributed by atoms with Gasteiger partial charge in [-0.15, -0.1) is 0 Å². The van der Waals surface area contributed by atoms with Crippen LogP contribution in [0.4, 0.5) is 14.5 Å². The number of aromatic nitrogens is 2. The van der Waals surface area contributed by atoms with Crippen molar-refractivity contribution in [1.82, 2.24) is 10.1 Å². The van der Waals surface area contributed by atoms with E-state index in [0.29, 0.717) is 5.82 Å². The number of nitrogens with two attached hydrogens (primary N) is 1. The lowest BCUT2D eigenvalue weighted by atomic mass is 10.1. The number of nitrogen functional groups attached to an aromatic ring is 1. The summed E-state index contributed by atoms with van der Waals surface area (Å²) >= 11 is 0. The fourth-order valence-electron chi connectivity index (χ4n) is 1.47. The van der Waals surface area contributed by atoms with E-state index in [1.807, 2.05) is 13.8 Å². The summed E-state index contributed by atoms with van der Waals surface area (Å²) in [6, 6.07) is 1.86. The number of hydrogen-bond acceptors (Lipinski definition) is 4. The van der Waals surface area contributed by atoms with Crippen LogP contribution in [0.3, 0.4) is 0 Å². The van der Waals surface area contributed by atoms with Gasteiger partial charge in [0.1, 0.15) is 0 Å². The molecule has 2 aromatic rings. The molecule has 0 aliphatic carbocycles. The quantitative estimate of drug-likeness (QED) is 0.853. The number of hydrogen-bond donors (Lipinski definition) is 1. The number of benzene rings is 1. The molecule has 2 N–H and O–H groups in total. The molecule has 0 bridgehead atoms. The van der Waals surface area contributed by atoms with Gasteiger partial charge in [0, 0.05) is 17.7 Å². The Hall–Kier alpha value is -1.98. The highest BCUT2D eigenvalue weighted by Gasteiger charge is 2.17. The number of rotatable bonds is 3. The van der Waals surface area contributed by atoms with Crippen molar-refractivity contribution in [3.05, 3.63) is 29.6 Å². The minimum Gasteiger partial charge on any atom is -0.398 e. The molecule has 6 heteroatoms. The molecule has 0 saturated carbocycles. The van der Waals surface area contributed by atoms with Crippen LogP contribution < -0.4 is 5.73 Å². The van der Waals surface area contributed by atoms with Gasteiger partial charge in [-0.1, -0.05) is 19.0 Å². The molecule has 0 aliphatic heterocycles. The lowest BCUT2D eigenvalue weighted by Gasteiger charge is -2.02. The van der Waals surface area contributed by atoms with Gasteiger partial charge in [0.05, 0.1) is 5.56 Å². The maximum absolute atomic E-state index is 13.2. The van der Waals surface area contributed by atoms with Crippen LogP contribution >= 0.6 is 0 Å². The van der Waals surface area contributed by atoms with Crippen LogP contribution in [0, 0.1) is 11.6 Å². The van der Waals surface area contributed by atoms with Crippen molar-refractivity contribution in [2.24, 2.45) is 0 Å². The fraction of sp³-hybridized carbons (Fsp3) is 0.333. The Morgan fingerprint density at radius 3 is 2.67 bits per heavy atom. The van der Waals surface area contributed by atoms with E-state index in [0.717, 1.165) is 18.6 Å². The second-order valence-corrected chi connectivity index (χ2v) is 4.12. The molecular formula is C12H13F2N3O. The van der Waals surface area contributed by atoms with Gasteiger partial charge in [0.25, 0.3) is 5.89 Å². The smallest absolute Gasteiger partial charge is 0.260 e. The van der Waals surface area contributed by atoms with Gasteiger partial charge in [0.2, 0.25) is 0 Å². The van der Waals surface area contributed by atoms with Gasteiger partial charge in [-0.3, -0.25) is 0 Å². The van der Waals surface area contributed by atoms with Crippen LogP contribution in [-0.2, 0) is 0 Å². The molecule has 1 aromatic carbocycles. The van der Waals surface area contributed by atoms with Crippen LogP contribution in [0.1, 0.15) is 32.0 Å². The average Bonchev–Trinajstić information content (AvgIpc) is 2.82. The standard InChI is InChI=1S/C12H13F2N3O/c1-3-6(2)11-16-12(18-17-11)7-4-8(13)9(14)5-10(7)15/h4-6H,3,15H2,1-2H3. The summed E-state index contributed by atoms with van der Waals surface area (Å²) in [5, 5.41) is 3.80. The first-order chi connectivity index (χ1) is 8.52. The van der Waals surface area contributed by atoms with Gasteiger partial charge in [-0.25, -0.2) is 8.78 Å². The molecule has 18 heavy (non-hydrogen) atoms. The Bertz CT molecular complexity index is 568. The Morgan fingerprint density at radius 2 is 2.00 bits per heavy atom. The molecule has 0 saturated heterocycles. The predicted molar refractivity (Wildman–Crippen MR) is 62.8 cm³/mol. The van der Waals surface area contributed by atoms with Crippen molar-refractivity contribution >= 4 is 5.69 Å². The van der Waals surface area contributed by atoms with E-state index in [9.17, 15) is 8.78 Å². The molecule has 0 spiro atoms. The van der Waals surface area contributed by atoms with E-state index in [1.165, 1.54) is 0 Å². The van der Waals surface area contributed by atoms with Gasteiger partial charge in [-0.2, -0.15) is 4.98 Å². The second kappa shape index (κ2) is 4.72. The van der Waals surface area contributed by atoms with Crippen LogP contribution in [0.15, 0.2) is 16.7 Å². The largest absolute Gasteiger partial charge is 0.398 e. The summed E-state index contributed by atoms with van der Waals surface area (Å²) < 4.78 is 31.1. The summed E-state index contributed by atoms with van der Waals surface area (Å²) in [5.41, 5.74) is 5.87. The number of halogens is 2. The summed E-state index contributed by atoms with van der Waals surface area (Å²) in [7, 11) is 0. The van der Waals surface area contributed by atoms with Crippen LogP contribution in [0.25, 0.3) is 11.5 Å². The molecule has 1 aromatic heterocycles. The lowest BCUT2D eigenvalue weighted by molar-refractivity contribution is 0.416. The van der Waals surface area contributed by atoms with Crippen molar-refractivity contribution in [3.8, 4) is 11.5 Å². The topological polar surface area (TPSA) is 64.9 Å². The summed E-state index contributed by atoms with van der Waals surface area (Å²) in [6.07, 6.45) is 0.853. The minimum atomic E-state index is -1.00. The van der Waals surface area contributed by atoms with Crippen molar-refractivity contribution < 1.29 is 13.3 Å². The Kier molecular flexibility index (Phi) is 3.27. The third-order valence-corrected chi connectivity index (χ3v) is 2.82. The zero-order valence-corrected chi connectivity index (χ0v) is 10.1. The number of nitrogens with zero attached hydrogens (tertiary/aromatic N) is 2. The molecule has 1 heterocycles. The highest BCUT2D eigenvalue weighted by atomic mass is 19.2. The van der Waals surface area contributed by atoms with Crippen LogP contribution in [0.2, 0.25) is 0 Å². The second-order valence-electron chi connectivity index (χ2n) is 4.12. The molecule has 0 fully saturated rings. The Balaban J connectivity index is 2.43. The number of anilines is 1. The molecule has 4 nitrogen and oxygen atoms in total. The Labute approximate surface area is 103 Å². The molecule has 96 valence electrons. The van der Waals surface area contributed by atoms with E-state index >= 15 is 0 Å². The van der Waals surface area contributed by atoms with Crippen molar-refractivity contribution in [1.29, 1.82) is 0 Å². The van der Waals surface area contributed by atoms with Gasteiger partial charge in [0.15, 0.2) is 17.5 Å². The third-order valence-electron chi connectivity index (χ3n) is 2.82. The van der Waals surface area contributed by atoms with Crippen molar-refractivity contribution in [3.63, 3.8) is 0 Å². The highest BCUT2D eigenvalue weighted by Crippen LogP contribution is 2.28. The summed E-state index contributed by atoms with van der Waals surface area (Å²) in [6.45, 7) is 3.94. The van der Waals surface area contributed by atoms with Gasteiger partial charge >= 0.3 is 0 Å².